The van der Waals surface area contributed by atoms with E-state index in [2.05, 4.69) is 10.1 Å². The molecule has 2 aromatic rings. The van der Waals surface area contributed by atoms with Crippen LogP contribution in [0, 0.1) is 0 Å². The topological polar surface area (TPSA) is 86.6 Å². The molecule has 7 nitrogen and oxygen atoms in total. The predicted octanol–water partition coefficient (Wildman–Crippen LogP) is 1.28. The number of anilines is 1. The lowest BCUT2D eigenvalue weighted by atomic mass is 10.3. The molecule has 1 amide bonds. The first-order valence-corrected chi connectivity index (χ1v) is 6.76. The summed E-state index contributed by atoms with van der Waals surface area (Å²) < 4.78 is 10.8. The van der Waals surface area contributed by atoms with E-state index in [0.29, 0.717) is 11.4 Å². The number of hydrogen-bond acceptors (Lipinski definition) is 5. The molecular formula is C16H16N2O5. The molecule has 0 aliphatic carbocycles. The van der Waals surface area contributed by atoms with Gasteiger partial charge in [-0.3, -0.25) is 9.59 Å². The van der Waals surface area contributed by atoms with Gasteiger partial charge in [-0.25, -0.2) is 4.79 Å². The van der Waals surface area contributed by atoms with Crippen molar-refractivity contribution in [3.63, 3.8) is 0 Å². The number of aromatic nitrogens is 1. The van der Waals surface area contributed by atoms with Crippen LogP contribution < -0.4 is 15.6 Å². The van der Waals surface area contributed by atoms with Crippen molar-refractivity contribution in [1.82, 2.24) is 4.57 Å². The number of ether oxygens (including phenoxy) is 2. The summed E-state index contributed by atoms with van der Waals surface area (Å²) in [5.41, 5.74) is 0.353. The van der Waals surface area contributed by atoms with Gasteiger partial charge >= 0.3 is 5.97 Å². The van der Waals surface area contributed by atoms with E-state index in [1.165, 1.54) is 32.5 Å². The van der Waals surface area contributed by atoms with E-state index in [9.17, 15) is 14.4 Å². The Morgan fingerprint density at radius 3 is 2.65 bits per heavy atom. The summed E-state index contributed by atoms with van der Waals surface area (Å²) in [7, 11) is 2.77. The van der Waals surface area contributed by atoms with Crippen LogP contribution in [-0.4, -0.2) is 30.7 Å². The molecule has 7 heteroatoms. The van der Waals surface area contributed by atoms with E-state index < -0.39 is 17.4 Å². The Morgan fingerprint density at radius 2 is 1.96 bits per heavy atom. The average molecular weight is 316 g/mol. The highest BCUT2D eigenvalue weighted by molar-refractivity contribution is 5.91. The van der Waals surface area contributed by atoms with Crippen LogP contribution >= 0.6 is 0 Å². The summed E-state index contributed by atoms with van der Waals surface area (Å²) in [4.78, 5) is 35.3. The first-order valence-electron chi connectivity index (χ1n) is 6.76. The molecule has 0 fully saturated rings. The standard InChI is InChI=1S/C16H16N2O5/c1-22-13-5-3-4-12(8-13)17-14(19)10-18-9-11(16(21)23-2)6-7-15(18)20/h3-9H,10H2,1-2H3,(H,17,19). The first-order chi connectivity index (χ1) is 11.0. The third kappa shape index (κ3) is 4.19. The third-order valence-corrected chi connectivity index (χ3v) is 3.07. The van der Waals surface area contributed by atoms with E-state index in [-0.39, 0.29) is 12.1 Å². The minimum absolute atomic E-state index is 0.196. The summed E-state index contributed by atoms with van der Waals surface area (Å²) in [5.74, 6) is -0.373. The number of nitrogens with zero attached hydrogens (tertiary/aromatic N) is 1. The molecule has 0 atom stereocenters. The lowest BCUT2D eigenvalue weighted by molar-refractivity contribution is -0.116. The van der Waals surface area contributed by atoms with Crippen molar-refractivity contribution in [3.8, 4) is 5.75 Å². The maximum absolute atomic E-state index is 12.1. The van der Waals surface area contributed by atoms with Gasteiger partial charge in [0.15, 0.2) is 0 Å². The van der Waals surface area contributed by atoms with Crippen molar-refractivity contribution in [2.24, 2.45) is 0 Å². The summed E-state index contributed by atoms with van der Waals surface area (Å²) in [6.45, 7) is -0.221. The molecule has 120 valence electrons. The summed E-state index contributed by atoms with van der Waals surface area (Å²) >= 11 is 0. The SMILES string of the molecule is COC(=O)c1ccc(=O)n(CC(=O)Nc2cccc(OC)c2)c1. The minimum Gasteiger partial charge on any atom is -0.497 e. The second-order valence-corrected chi connectivity index (χ2v) is 4.66. The number of amides is 1. The molecule has 0 radical (unpaired) electrons. The van der Waals surface area contributed by atoms with Crippen molar-refractivity contribution in [3.05, 3.63) is 58.5 Å². The monoisotopic (exact) mass is 316 g/mol. The number of esters is 1. The number of pyridine rings is 1. The molecule has 0 aliphatic rings. The van der Waals surface area contributed by atoms with E-state index in [4.69, 9.17) is 4.74 Å². The fourth-order valence-electron chi connectivity index (χ4n) is 1.95. The third-order valence-electron chi connectivity index (χ3n) is 3.07. The van der Waals surface area contributed by atoms with Crippen molar-refractivity contribution in [1.29, 1.82) is 0 Å². The molecule has 1 heterocycles. The van der Waals surface area contributed by atoms with Crippen molar-refractivity contribution < 1.29 is 19.1 Å². The van der Waals surface area contributed by atoms with Gasteiger partial charge in [0.05, 0.1) is 19.8 Å². The molecule has 0 unspecified atom stereocenters. The number of methoxy groups -OCH3 is 2. The number of rotatable bonds is 5. The number of nitrogens with one attached hydrogen (secondary N) is 1. The molecule has 0 spiro atoms. The average Bonchev–Trinajstić information content (AvgIpc) is 2.56. The van der Waals surface area contributed by atoms with Gasteiger partial charge in [0, 0.05) is 24.0 Å². The van der Waals surface area contributed by atoms with Gasteiger partial charge in [-0.1, -0.05) is 6.07 Å². The first kappa shape index (κ1) is 16.3. The fourth-order valence-corrected chi connectivity index (χ4v) is 1.95. The van der Waals surface area contributed by atoms with Gasteiger partial charge < -0.3 is 19.4 Å². The zero-order valence-electron chi connectivity index (χ0n) is 12.7. The second kappa shape index (κ2) is 7.26. The van der Waals surface area contributed by atoms with Crippen LogP contribution in [0.5, 0.6) is 5.75 Å². The van der Waals surface area contributed by atoms with E-state index in [1.807, 2.05) is 0 Å². The van der Waals surface area contributed by atoms with Gasteiger partial charge in [-0.15, -0.1) is 0 Å². The lowest BCUT2D eigenvalue weighted by Crippen LogP contribution is -2.27. The molecular weight excluding hydrogens is 300 g/mol. The Hall–Kier alpha value is -3.09. The van der Waals surface area contributed by atoms with Crippen LogP contribution in [0.3, 0.4) is 0 Å². The Kier molecular flexibility index (Phi) is 5.14. The van der Waals surface area contributed by atoms with E-state index in [1.54, 1.807) is 24.3 Å². The number of hydrogen-bond donors (Lipinski definition) is 1. The second-order valence-electron chi connectivity index (χ2n) is 4.66. The number of carbonyl (C=O) groups excluding carboxylic acids is 2. The molecule has 1 aromatic carbocycles. The van der Waals surface area contributed by atoms with Gasteiger partial charge in [0.2, 0.25) is 5.91 Å². The van der Waals surface area contributed by atoms with Crippen LogP contribution in [0.1, 0.15) is 10.4 Å². The molecule has 23 heavy (non-hydrogen) atoms. The molecule has 0 bridgehead atoms. The molecule has 0 aliphatic heterocycles. The fraction of sp³-hybridized carbons (Fsp3) is 0.188. The Bertz CT molecular complexity index is 782. The highest BCUT2D eigenvalue weighted by Crippen LogP contribution is 2.16. The predicted molar refractivity (Wildman–Crippen MR) is 83.7 cm³/mol. The zero-order chi connectivity index (χ0) is 16.8. The van der Waals surface area contributed by atoms with Crippen molar-refractivity contribution >= 4 is 17.6 Å². The van der Waals surface area contributed by atoms with Crippen LogP contribution in [0.2, 0.25) is 0 Å². The molecule has 1 aromatic heterocycles. The van der Waals surface area contributed by atoms with Crippen LogP contribution in [-0.2, 0) is 16.1 Å². The van der Waals surface area contributed by atoms with Crippen LogP contribution in [0.15, 0.2) is 47.4 Å². The number of benzene rings is 1. The Morgan fingerprint density at radius 1 is 1.17 bits per heavy atom. The van der Waals surface area contributed by atoms with Crippen LogP contribution in [0.4, 0.5) is 5.69 Å². The van der Waals surface area contributed by atoms with Gasteiger partial charge in [-0.05, 0) is 18.2 Å². The zero-order valence-corrected chi connectivity index (χ0v) is 12.7. The maximum Gasteiger partial charge on any atom is 0.339 e. The van der Waals surface area contributed by atoms with Crippen molar-refractivity contribution in [2.75, 3.05) is 19.5 Å². The molecule has 0 saturated carbocycles. The normalized spacial score (nSPS) is 10.0. The molecule has 0 saturated heterocycles. The van der Waals surface area contributed by atoms with E-state index >= 15 is 0 Å². The van der Waals surface area contributed by atoms with Crippen LogP contribution in [0.25, 0.3) is 0 Å². The van der Waals surface area contributed by atoms with Gasteiger partial charge in [-0.2, -0.15) is 0 Å². The minimum atomic E-state index is -0.577. The summed E-state index contributed by atoms with van der Waals surface area (Å²) in [6, 6.07) is 9.41. The van der Waals surface area contributed by atoms with Gasteiger partial charge in [0.1, 0.15) is 12.3 Å². The molecule has 2 rings (SSSR count). The lowest BCUT2D eigenvalue weighted by Gasteiger charge is -2.09. The largest absolute Gasteiger partial charge is 0.497 e. The summed E-state index contributed by atoms with van der Waals surface area (Å²) in [6.07, 6.45) is 1.29. The quantitative estimate of drug-likeness (QED) is 0.840. The van der Waals surface area contributed by atoms with Gasteiger partial charge in [0.25, 0.3) is 5.56 Å². The van der Waals surface area contributed by atoms with E-state index in [0.717, 1.165) is 4.57 Å². The highest BCUT2D eigenvalue weighted by Gasteiger charge is 2.10. The van der Waals surface area contributed by atoms with Crippen molar-refractivity contribution in [2.45, 2.75) is 6.54 Å². The molecule has 1 N–H and O–H groups in total. The highest BCUT2D eigenvalue weighted by atomic mass is 16.5. The Balaban J connectivity index is 2.13. The Labute approximate surface area is 132 Å². The maximum atomic E-state index is 12.1. The number of carbonyl (C=O) groups is 2. The summed E-state index contributed by atoms with van der Waals surface area (Å²) in [5, 5.41) is 2.66. The smallest absolute Gasteiger partial charge is 0.339 e.